The van der Waals surface area contributed by atoms with Crippen LogP contribution in [-0.4, -0.2) is 34.3 Å². The fourth-order valence-electron chi connectivity index (χ4n) is 1.08. The zero-order chi connectivity index (χ0) is 14.8. The van der Waals surface area contributed by atoms with Crippen molar-refractivity contribution >= 4 is 37.9 Å². The largest absolute Gasteiger partial charge is 0.234 e. The lowest BCUT2D eigenvalue weighted by atomic mass is 10.3. The predicted octanol–water partition coefficient (Wildman–Crippen LogP) is 2.21. The third-order valence-electron chi connectivity index (χ3n) is 2.14. The van der Waals surface area contributed by atoms with Gasteiger partial charge in [-0.1, -0.05) is 6.92 Å². The van der Waals surface area contributed by atoms with Gasteiger partial charge in [-0.05, 0) is 27.2 Å². The van der Waals surface area contributed by atoms with Crippen molar-refractivity contribution < 1.29 is 12.6 Å². The van der Waals surface area contributed by atoms with Crippen LogP contribution < -0.4 is 0 Å². The number of hydrogen-bond acceptors (Lipinski definition) is 5. The molecule has 0 spiro atoms. The number of thiazole rings is 1. The van der Waals surface area contributed by atoms with Crippen LogP contribution in [-0.2, 0) is 20.8 Å². The highest BCUT2D eigenvalue weighted by Crippen LogP contribution is 2.21. The molecule has 0 radical (unpaired) electrons. The van der Waals surface area contributed by atoms with E-state index < -0.39 is 25.6 Å². The van der Waals surface area contributed by atoms with Crippen LogP contribution in [0.4, 0.5) is 0 Å². The molecular formula is C11H18N2O3S3. The van der Waals surface area contributed by atoms with E-state index in [1.807, 2.05) is 27.7 Å². The highest BCUT2D eigenvalue weighted by Gasteiger charge is 2.21. The van der Waals surface area contributed by atoms with Gasteiger partial charge < -0.3 is 0 Å². The van der Waals surface area contributed by atoms with Crippen molar-refractivity contribution in [3.05, 3.63) is 11.1 Å². The van der Waals surface area contributed by atoms with Crippen molar-refractivity contribution in [2.75, 3.05) is 6.26 Å². The summed E-state index contributed by atoms with van der Waals surface area (Å²) in [6.45, 7) is 7.41. The number of sulfone groups is 1. The smallest absolute Gasteiger partial charge is 0.209 e. The molecule has 0 N–H and O–H groups in total. The highest BCUT2D eigenvalue weighted by molar-refractivity contribution is 7.92. The van der Waals surface area contributed by atoms with E-state index in [4.69, 9.17) is 0 Å². The van der Waals surface area contributed by atoms with Gasteiger partial charge in [0.05, 0.1) is 15.3 Å². The molecule has 1 heterocycles. The van der Waals surface area contributed by atoms with Gasteiger partial charge in [0, 0.05) is 12.5 Å². The Morgan fingerprint density at radius 3 is 2.42 bits per heavy atom. The zero-order valence-corrected chi connectivity index (χ0v) is 14.1. The normalized spacial score (nSPS) is 15.5. The van der Waals surface area contributed by atoms with Crippen molar-refractivity contribution in [2.45, 2.75) is 43.2 Å². The van der Waals surface area contributed by atoms with Crippen LogP contribution in [0.1, 0.15) is 39.0 Å². The lowest BCUT2D eigenvalue weighted by Gasteiger charge is -2.14. The molecule has 1 atom stereocenters. The van der Waals surface area contributed by atoms with Crippen LogP contribution in [0.2, 0.25) is 0 Å². The molecule has 0 amide bonds. The molecule has 0 aliphatic carbocycles. The Morgan fingerprint density at radius 2 is 2.05 bits per heavy atom. The predicted molar refractivity (Wildman–Crippen MR) is 79.9 cm³/mol. The van der Waals surface area contributed by atoms with Crippen LogP contribution in [0.25, 0.3) is 0 Å². The summed E-state index contributed by atoms with van der Waals surface area (Å²) in [5.74, 6) is 0. The van der Waals surface area contributed by atoms with Crippen molar-refractivity contribution in [3.8, 4) is 0 Å². The fraction of sp³-hybridized carbons (Fsp3) is 0.636. The maximum atomic E-state index is 12.0. The summed E-state index contributed by atoms with van der Waals surface area (Å²) in [7, 11) is -4.67. The second-order valence-corrected chi connectivity index (χ2v) is 10.1. The van der Waals surface area contributed by atoms with E-state index in [1.165, 1.54) is 6.20 Å². The quantitative estimate of drug-likeness (QED) is 0.796. The topological polar surface area (TPSA) is 76.5 Å². The van der Waals surface area contributed by atoms with Crippen molar-refractivity contribution in [1.29, 1.82) is 0 Å². The van der Waals surface area contributed by atoms with Crippen LogP contribution in [0, 0.1) is 0 Å². The van der Waals surface area contributed by atoms with E-state index in [2.05, 4.69) is 9.38 Å². The van der Waals surface area contributed by atoms with E-state index in [0.717, 1.165) is 17.6 Å². The third-order valence-corrected chi connectivity index (χ3v) is 6.31. The highest BCUT2D eigenvalue weighted by atomic mass is 32.2. The molecule has 108 valence electrons. The van der Waals surface area contributed by atoms with Gasteiger partial charge in [0.25, 0.3) is 0 Å². The Balaban J connectivity index is 3.15. The minimum absolute atomic E-state index is 0.0604. The monoisotopic (exact) mass is 322 g/mol. The van der Waals surface area contributed by atoms with Gasteiger partial charge in [-0.15, -0.1) is 11.3 Å². The molecule has 0 unspecified atom stereocenters. The number of aromatic nitrogens is 1. The number of hydrogen-bond donors (Lipinski definition) is 0. The van der Waals surface area contributed by atoms with Gasteiger partial charge >= 0.3 is 0 Å². The lowest BCUT2D eigenvalue weighted by Crippen LogP contribution is -2.20. The molecule has 0 aromatic carbocycles. The van der Waals surface area contributed by atoms with E-state index >= 15 is 0 Å². The Kier molecular flexibility index (Phi) is 5.02. The molecule has 19 heavy (non-hydrogen) atoms. The Labute approximate surface area is 120 Å². The minimum Gasteiger partial charge on any atom is -0.234 e. The van der Waals surface area contributed by atoms with Crippen LogP contribution >= 0.6 is 11.3 Å². The van der Waals surface area contributed by atoms with Crippen LogP contribution in [0.3, 0.4) is 0 Å². The van der Waals surface area contributed by atoms with Crippen molar-refractivity contribution in [3.63, 3.8) is 0 Å². The molecule has 0 aliphatic heterocycles. The lowest BCUT2D eigenvalue weighted by molar-refractivity contribution is 0.601. The maximum Gasteiger partial charge on any atom is 0.209 e. The van der Waals surface area contributed by atoms with Gasteiger partial charge in [-0.2, -0.15) is 4.40 Å². The Morgan fingerprint density at radius 1 is 1.47 bits per heavy atom. The first-order chi connectivity index (χ1) is 8.55. The van der Waals surface area contributed by atoms with Gasteiger partial charge in [-0.25, -0.2) is 17.6 Å². The molecule has 5 nitrogen and oxygen atoms in total. The summed E-state index contributed by atoms with van der Waals surface area (Å²) in [4.78, 5) is 4.53. The summed E-state index contributed by atoms with van der Waals surface area (Å²) in [5.41, 5.74) is 0.626. The van der Waals surface area contributed by atoms with E-state index in [1.54, 1.807) is 0 Å². The Hall–Kier alpha value is -0.600. The molecular weight excluding hydrogens is 304 g/mol. The number of nitrogens with zero attached hydrogens (tertiary/aromatic N) is 2. The molecule has 0 fully saturated rings. The van der Waals surface area contributed by atoms with Gasteiger partial charge in [-0.3, -0.25) is 0 Å². The molecule has 0 bridgehead atoms. The molecule has 1 aromatic heterocycles. The van der Waals surface area contributed by atoms with Gasteiger partial charge in [0.1, 0.15) is 11.0 Å². The first-order valence-corrected chi connectivity index (χ1v) is 9.53. The summed E-state index contributed by atoms with van der Waals surface area (Å²) in [6, 6.07) is 0. The summed E-state index contributed by atoms with van der Waals surface area (Å²) >= 11 is 1.06. The van der Waals surface area contributed by atoms with Gasteiger partial charge in [0.2, 0.25) is 14.2 Å². The van der Waals surface area contributed by atoms with Crippen LogP contribution in [0.15, 0.2) is 14.9 Å². The standard InChI is InChI=1S/C11H18N2O3S3/c1-6-8(13-18(14)11(2,3)4)9-7-12-10(17-9)19(5,15)16/h7H,6H2,1-5H3/t18-/m1/s1. The Bertz CT molecular complexity index is 609. The zero-order valence-electron chi connectivity index (χ0n) is 11.6. The van der Waals surface area contributed by atoms with Crippen molar-refractivity contribution in [2.24, 2.45) is 4.40 Å². The first-order valence-electron chi connectivity index (χ1n) is 5.71. The summed E-state index contributed by atoms with van der Waals surface area (Å²) in [6.07, 6.45) is 3.17. The van der Waals surface area contributed by atoms with Gasteiger partial charge in [0.15, 0.2) is 0 Å². The molecule has 8 heteroatoms. The summed E-state index contributed by atoms with van der Waals surface area (Å²) in [5, 5.41) is 0. The van der Waals surface area contributed by atoms with E-state index in [0.29, 0.717) is 17.0 Å². The molecule has 0 saturated carbocycles. The van der Waals surface area contributed by atoms with E-state index in [9.17, 15) is 12.6 Å². The second kappa shape index (κ2) is 5.80. The minimum atomic E-state index is -3.30. The summed E-state index contributed by atoms with van der Waals surface area (Å²) < 4.78 is 38.6. The van der Waals surface area contributed by atoms with Crippen LogP contribution in [0.5, 0.6) is 0 Å². The van der Waals surface area contributed by atoms with E-state index in [-0.39, 0.29) is 4.34 Å². The fourth-order valence-corrected chi connectivity index (χ4v) is 3.67. The molecule has 1 aromatic rings. The SMILES string of the molecule is CCC(=N[S@](=O)C(C)(C)C)c1cnc(S(C)(=O)=O)s1. The molecule has 0 saturated heterocycles. The molecule has 0 aliphatic rings. The third kappa shape index (κ3) is 4.47. The van der Waals surface area contributed by atoms with Crippen molar-refractivity contribution in [1.82, 2.24) is 4.98 Å². The average Bonchev–Trinajstić information content (AvgIpc) is 2.72. The molecule has 1 rings (SSSR count). The second-order valence-electron chi connectivity index (χ2n) is 5.02. The first kappa shape index (κ1) is 16.5. The maximum absolute atomic E-state index is 12.0. The average molecular weight is 322 g/mol. The number of rotatable bonds is 4.